The van der Waals surface area contributed by atoms with Crippen LogP contribution in [0.5, 0.6) is 0 Å². The smallest absolute Gasteiger partial charge is 0.172 e. The van der Waals surface area contributed by atoms with Crippen LogP contribution in [0.15, 0.2) is 12.4 Å². The molecule has 6 nitrogen and oxygen atoms in total. The van der Waals surface area contributed by atoms with Crippen molar-refractivity contribution in [2.24, 2.45) is 14.1 Å². The summed E-state index contributed by atoms with van der Waals surface area (Å²) in [6.45, 7) is 1.87. The highest BCUT2D eigenvalue weighted by molar-refractivity contribution is 5.98. The molecule has 0 fully saturated rings. The van der Waals surface area contributed by atoms with Crippen LogP contribution < -0.4 is 0 Å². The summed E-state index contributed by atoms with van der Waals surface area (Å²) < 4.78 is 3.27. The van der Waals surface area contributed by atoms with Gasteiger partial charge in [-0.25, -0.2) is 0 Å². The van der Waals surface area contributed by atoms with Gasteiger partial charge in [0.2, 0.25) is 0 Å². The van der Waals surface area contributed by atoms with Gasteiger partial charge in [-0.15, -0.1) is 5.10 Å². The maximum atomic E-state index is 11.9. The molecule has 2 heterocycles. The fourth-order valence-electron chi connectivity index (χ4n) is 1.51. The van der Waals surface area contributed by atoms with Crippen molar-refractivity contribution in [2.75, 3.05) is 0 Å². The average molecular weight is 219 g/mol. The van der Waals surface area contributed by atoms with Crippen molar-refractivity contribution >= 4 is 5.78 Å². The van der Waals surface area contributed by atoms with Crippen LogP contribution >= 0.6 is 0 Å². The molecule has 2 rings (SSSR count). The second-order valence-corrected chi connectivity index (χ2v) is 3.75. The molecule has 0 bridgehead atoms. The van der Waals surface area contributed by atoms with Gasteiger partial charge in [0.25, 0.3) is 0 Å². The first-order valence-corrected chi connectivity index (χ1v) is 4.95. The fraction of sp³-hybridized carbons (Fsp3) is 0.400. The summed E-state index contributed by atoms with van der Waals surface area (Å²) >= 11 is 0. The second kappa shape index (κ2) is 3.88. The minimum Gasteiger partial charge on any atom is -0.294 e. The second-order valence-electron chi connectivity index (χ2n) is 3.75. The zero-order valence-corrected chi connectivity index (χ0v) is 9.51. The molecule has 2 aromatic rings. The van der Waals surface area contributed by atoms with Gasteiger partial charge in [0.05, 0.1) is 23.9 Å². The lowest BCUT2D eigenvalue weighted by atomic mass is 10.1. The third kappa shape index (κ3) is 1.86. The third-order valence-corrected chi connectivity index (χ3v) is 2.53. The summed E-state index contributed by atoms with van der Waals surface area (Å²) in [6.07, 6.45) is 3.60. The number of carbonyl (C=O) groups excluding carboxylic acids is 1. The van der Waals surface area contributed by atoms with Gasteiger partial charge in [0, 0.05) is 26.0 Å². The van der Waals surface area contributed by atoms with E-state index in [-0.39, 0.29) is 12.2 Å². The molecule has 6 heteroatoms. The van der Waals surface area contributed by atoms with Gasteiger partial charge in [0.15, 0.2) is 5.78 Å². The lowest BCUT2D eigenvalue weighted by Crippen LogP contribution is -2.05. The topological polar surface area (TPSA) is 65.6 Å². The number of Topliss-reactive ketones (excluding diaryl/α,β-unsaturated/α-hetero) is 1. The van der Waals surface area contributed by atoms with Crippen LogP contribution in [-0.2, 0) is 20.5 Å². The summed E-state index contributed by atoms with van der Waals surface area (Å²) in [5, 5.41) is 11.7. The Hall–Kier alpha value is -1.98. The zero-order chi connectivity index (χ0) is 11.7. The Morgan fingerprint density at radius 3 is 2.69 bits per heavy atom. The molecule has 0 atom stereocenters. The quantitative estimate of drug-likeness (QED) is 0.695. The van der Waals surface area contributed by atoms with Crippen LogP contribution in [0.4, 0.5) is 0 Å². The van der Waals surface area contributed by atoms with E-state index in [4.69, 9.17) is 0 Å². The number of hydrogen-bond donors (Lipinski definition) is 0. The molecule has 0 saturated heterocycles. The van der Waals surface area contributed by atoms with Crippen LogP contribution in [0.3, 0.4) is 0 Å². The van der Waals surface area contributed by atoms with Crippen LogP contribution in [0.2, 0.25) is 0 Å². The van der Waals surface area contributed by atoms with E-state index in [1.54, 1.807) is 28.8 Å². The van der Waals surface area contributed by atoms with E-state index in [0.717, 1.165) is 5.69 Å². The number of carbonyl (C=O) groups is 1. The number of aryl methyl sites for hydroxylation is 2. The molecular weight excluding hydrogens is 206 g/mol. The van der Waals surface area contributed by atoms with Crippen molar-refractivity contribution in [2.45, 2.75) is 13.3 Å². The van der Waals surface area contributed by atoms with Crippen molar-refractivity contribution in [1.29, 1.82) is 0 Å². The average Bonchev–Trinajstić information content (AvgIpc) is 2.76. The lowest BCUT2D eigenvalue weighted by Gasteiger charge is -1.97. The van der Waals surface area contributed by atoms with Crippen molar-refractivity contribution in [3.63, 3.8) is 0 Å². The molecule has 0 spiro atoms. The Morgan fingerprint density at radius 1 is 1.44 bits per heavy atom. The molecule has 0 aliphatic rings. The highest BCUT2D eigenvalue weighted by Crippen LogP contribution is 2.09. The van der Waals surface area contributed by atoms with E-state index in [0.29, 0.717) is 11.3 Å². The number of hydrogen-bond acceptors (Lipinski definition) is 4. The van der Waals surface area contributed by atoms with E-state index in [2.05, 4.69) is 15.4 Å². The normalized spacial score (nSPS) is 10.7. The number of ketones is 1. The summed E-state index contributed by atoms with van der Waals surface area (Å²) in [6, 6.07) is 0. The van der Waals surface area contributed by atoms with Crippen molar-refractivity contribution in [3.05, 3.63) is 29.3 Å². The zero-order valence-electron chi connectivity index (χ0n) is 9.51. The number of aromatic nitrogens is 5. The van der Waals surface area contributed by atoms with Crippen molar-refractivity contribution < 1.29 is 4.79 Å². The van der Waals surface area contributed by atoms with Gasteiger partial charge >= 0.3 is 0 Å². The highest BCUT2D eigenvalue weighted by Gasteiger charge is 2.14. The van der Waals surface area contributed by atoms with E-state index >= 15 is 0 Å². The molecule has 0 amide bonds. The SMILES string of the molecule is Cc1c(C(=O)Cc2cn(C)nn2)cnn1C. The van der Waals surface area contributed by atoms with Gasteiger partial charge in [0.1, 0.15) is 0 Å². The molecule has 0 saturated carbocycles. The standard InChI is InChI=1S/C10H13N5O/c1-7-9(5-11-15(7)3)10(16)4-8-6-14(2)13-12-8/h5-6H,4H2,1-3H3. The van der Waals surface area contributed by atoms with Crippen LogP contribution in [0.1, 0.15) is 21.7 Å². The van der Waals surface area contributed by atoms with Crippen LogP contribution in [0.25, 0.3) is 0 Å². The Labute approximate surface area is 92.9 Å². The molecule has 0 aliphatic carbocycles. The molecule has 0 radical (unpaired) electrons. The molecule has 84 valence electrons. The fourth-order valence-corrected chi connectivity index (χ4v) is 1.51. The van der Waals surface area contributed by atoms with E-state index in [1.165, 1.54) is 0 Å². The Bertz CT molecular complexity index is 525. The summed E-state index contributed by atoms with van der Waals surface area (Å²) in [7, 11) is 3.59. The Morgan fingerprint density at radius 2 is 2.19 bits per heavy atom. The largest absolute Gasteiger partial charge is 0.294 e. The predicted octanol–water partition coefficient (Wildman–Crippen LogP) is 0.282. The first kappa shape index (κ1) is 10.5. The minimum absolute atomic E-state index is 0.0195. The van der Waals surface area contributed by atoms with Crippen molar-refractivity contribution in [1.82, 2.24) is 24.8 Å². The molecule has 0 N–H and O–H groups in total. The van der Waals surface area contributed by atoms with E-state index in [1.807, 2.05) is 14.0 Å². The monoisotopic (exact) mass is 219 g/mol. The van der Waals surface area contributed by atoms with Gasteiger partial charge in [-0.3, -0.25) is 14.2 Å². The lowest BCUT2D eigenvalue weighted by molar-refractivity contribution is 0.0991. The maximum Gasteiger partial charge on any atom is 0.172 e. The number of nitrogens with zero attached hydrogens (tertiary/aromatic N) is 5. The number of rotatable bonds is 3. The molecule has 16 heavy (non-hydrogen) atoms. The molecule has 0 aromatic carbocycles. The maximum absolute atomic E-state index is 11.9. The van der Waals surface area contributed by atoms with Gasteiger partial charge in [-0.1, -0.05) is 5.21 Å². The molecule has 0 unspecified atom stereocenters. The Balaban J connectivity index is 2.18. The van der Waals surface area contributed by atoms with Crippen molar-refractivity contribution in [3.8, 4) is 0 Å². The predicted molar refractivity (Wildman–Crippen MR) is 57.0 cm³/mol. The molecule has 0 aliphatic heterocycles. The third-order valence-electron chi connectivity index (χ3n) is 2.53. The summed E-state index contributed by atoms with van der Waals surface area (Å²) in [4.78, 5) is 11.9. The minimum atomic E-state index is 0.0195. The van der Waals surface area contributed by atoms with E-state index < -0.39 is 0 Å². The molecular formula is C10H13N5O. The van der Waals surface area contributed by atoms with Gasteiger partial charge in [-0.05, 0) is 6.92 Å². The van der Waals surface area contributed by atoms with Gasteiger partial charge in [-0.2, -0.15) is 5.10 Å². The Kier molecular flexibility index (Phi) is 2.55. The first-order chi connectivity index (χ1) is 7.58. The first-order valence-electron chi connectivity index (χ1n) is 4.95. The molecule has 2 aromatic heterocycles. The van der Waals surface area contributed by atoms with Gasteiger partial charge < -0.3 is 0 Å². The van der Waals surface area contributed by atoms with E-state index in [9.17, 15) is 4.79 Å². The van der Waals surface area contributed by atoms with Crippen LogP contribution in [0, 0.1) is 6.92 Å². The summed E-state index contributed by atoms with van der Waals surface area (Å²) in [5.74, 6) is 0.0195. The summed E-state index contributed by atoms with van der Waals surface area (Å²) in [5.41, 5.74) is 2.19. The van der Waals surface area contributed by atoms with Crippen LogP contribution in [-0.4, -0.2) is 30.6 Å². The highest BCUT2D eigenvalue weighted by atomic mass is 16.1.